The van der Waals surface area contributed by atoms with Crippen molar-refractivity contribution in [3.05, 3.63) is 17.9 Å². The number of aromatic nitrogens is 6. The highest BCUT2D eigenvalue weighted by molar-refractivity contribution is 6.28. The third kappa shape index (κ3) is 2.81. The third-order valence-corrected chi connectivity index (χ3v) is 3.45. The normalized spacial score (nSPS) is 11.6. The third-order valence-electron chi connectivity index (χ3n) is 3.28. The Balaban J connectivity index is 2.43. The fourth-order valence-corrected chi connectivity index (χ4v) is 1.55. The van der Waals surface area contributed by atoms with Gasteiger partial charge in [0.25, 0.3) is 5.95 Å². The van der Waals surface area contributed by atoms with Crippen LogP contribution in [0.2, 0.25) is 5.28 Å². The van der Waals surface area contributed by atoms with Crippen molar-refractivity contribution in [3.8, 4) is 5.95 Å². The van der Waals surface area contributed by atoms with Gasteiger partial charge in [0.05, 0.1) is 0 Å². The molecule has 0 saturated heterocycles. The maximum atomic E-state index is 5.95. The summed E-state index contributed by atoms with van der Waals surface area (Å²) in [5, 5.41) is 4.12. The highest BCUT2D eigenvalue weighted by Crippen LogP contribution is 2.22. The minimum atomic E-state index is -0.0790. The van der Waals surface area contributed by atoms with Crippen molar-refractivity contribution in [2.24, 2.45) is 0 Å². The Kier molecular flexibility index (Phi) is 3.66. The molecule has 0 amide bonds. The second-order valence-corrected chi connectivity index (χ2v) is 5.11. The van der Waals surface area contributed by atoms with Crippen molar-refractivity contribution in [2.45, 2.75) is 32.7 Å². The van der Waals surface area contributed by atoms with Crippen molar-refractivity contribution in [2.75, 3.05) is 11.9 Å². The molecule has 7 nitrogen and oxygen atoms in total. The molecule has 0 aliphatic rings. The average molecular weight is 282 g/mol. The summed E-state index contributed by atoms with van der Waals surface area (Å²) < 4.78 is 1.45. The molecule has 8 heteroatoms. The smallest absolute Gasteiger partial charge is 0.258 e. The van der Waals surface area contributed by atoms with Gasteiger partial charge in [0.1, 0.15) is 12.7 Å². The number of anilines is 1. The molecule has 0 aliphatic carbocycles. The van der Waals surface area contributed by atoms with E-state index in [4.69, 9.17) is 11.6 Å². The Morgan fingerprint density at radius 1 is 1.32 bits per heavy atom. The van der Waals surface area contributed by atoms with Gasteiger partial charge < -0.3 is 4.90 Å². The van der Waals surface area contributed by atoms with Crippen LogP contribution in [-0.2, 0) is 0 Å². The van der Waals surface area contributed by atoms with Crippen molar-refractivity contribution >= 4 is 17.5 Å². The monoisotopic (exact) mass is 281 g/mol. The lowest BCUT2D eigenvalue weighted by atomic mass is 10.0. The predicted octanol–water partition coefficient (Wildman–Crippen LogP) is 1.73. The lowest BCUT2D eigenvalue weighted by Crippen LogP contribution is -2.41. The number of halogens is 1. The first-order valence-corrected chi connectivity index (χ1v) is 6.32. The summed E-state index contributed by atoms with van der Waals surface area (Å²) in [6, 6.07) is 0. The minimum absolute atomic E-state index is 0.0790. The SMILES string of the molecule is CCC(C)(C)N(C)c1nc(Cl)nc(-n2cncn2)n1. The molecular formula is C11H16ClN7. The summed E-state index contributed by atoms with van der Waals surface area (Å²) >= 11 is 5.95. The largest absolute Gasteiger partial charge is 0.339 e. The molecule has 0 aliphatic heterocycles. The topological polar surface area (TPSA) is 72.6 Å². The van der Waals surface area contributed by atoms with E-state index in [-0.39, 0.29) is 10.8 Å². The highest BCUT2D eigenvalue weighted by atomic mass is 35.5. The molecule has 0 radical (unpaired) electrons. The van der Waals surface area contributed by atoms with Gasteiger partial charge in [0, 0.05) is 12.6 Å². The van der Waals surface area contributed by atoms with Crippen molar-refractivity contribution in [1.29, 1.82) is 0 Å². The fourth-order valence-electron chi connectivity index (χ4n) is 1.40. The van der Waals surface area contributed by atoms with Crippen LogP contribution in [0.25, 0.3) is 5.95 Å². The molecule has 0 unspecified atom stereocenters. The Labute approximate surface area is 116 Å². The summed E-state index contributed by atoms with van der Waals surface area (Å²) in [6.07, 6.45) is 3.88. The van der Waals surface area contributed by atoms with Gasteiger partial charge in [-0.2, -0.15) is 24.7 Å². The van der Waals surface area contributed by atoms with E-state index in [1.165, 1.54) is 17.3 Å². The van der Waals surface area contributed by atoms with Crippen LogP contribution in [-0.4, -0.2) is 42.3 Å². The van der Waals surface area contributed by atoms with Gasteiger partial charge in [0.15, 0.2) is 0 Å². The van der Waals surface area contributed by atoms with E-state index in [1.807, 2.05) is 11.9 Å². The summed E-state index contributed by atoms with van der Waals surface area (Å²) in [5.41, 5.74) is -0.0790. The lowest BCUT2D eigenvalue weighted by molar-refractivity contribution is 0.462. The Morgan fingerprint density at radius 2 is 2.05 bits per heavy atom. The summed E-state index contributed by atoms with van der Waals surface area (Å²) in [7, 11) is 1.93. The van der Waals surface area contributed by atoms with Crippen LogP contribution >= 0.6 is 11.6 Å². The van der Waals surface area contributed by atoms with Crippen LogP contribution in [0.15, 0.2) is 12.7 Å². The van der Waals surface area contributed by atoms with Gasteiger partial charge in [-0.05, 0) is 31.9 Å². The number of nitrogens with zero attached hydrogens (tertiary/aromatic N) is 7. The fraction of sp³-hybridized carbons (Fsp3) is 0.545. The van der Waals surface area contributed by atoms with E-state index in [2.05, 4.69) is 45.8 Å². The Hall–Kier alpha value is -1.76. The average Bonchev–Trinajstić information content (AvgIpc) is 2.91. The zero-order valence-corrected chi connectivity index (χ0v) is 12.1. The predicted molar refractivity (Wildman–Crippen MR) is 72.5 cm³/mol. The highest BCUT2D eigenvalue weighted by Gasteiger charge is 2.24. The van der Waals surface area contributed by atoms with Crippen molar-refractivity contribution in [1.82, 2.24) is 29.7 Å². The van der Waals surface area contributed by atoms with E-state index in [9.17, 15) is 0 Å². The van der Waals surface area contributed by atoms with E-state index in [0.717, 1.165) is 6.42 Å². The molecule has 102 valence electrons. The molecule has 0 saturated carbocycles. The van der Waals surface area contributed by atoms with Crippen molar-refractivity contribution < 1.29 is 0 Å². The summed E-state index contributed by atoms with van der Waals surface area (Å²) in [5.74, 6) is 0.864. The molecule has 0 atom stereocenters. The van der Waals surface area contributed by atoms with Crippen LogP contribution in [0.1, 0.15) is 27.2 Å². The van der Waals surface area contributed by atoms with Crippen molar-refractivity contribution in [3.63, 3.8) is 0 Å². The van der Waals surface area contributed by atoms with Crippen LogP contribution in [0.5, 0.6) is 0 Å². The Bertz CT molecular complexity index is 552. The molecule has 0 spiro atoms. The van der Waals surface area contributed by atoms with E-state index in [0.29, 0.717) is 11.9 Å². The van der Waals surface area contributed by atoms with E-state index < -0.39 is 0 Å². The van der Waals surface area contributed by atoms with E-state index in [1.54, 1.807) is 0 Å². The van der Waals surface area contributed by atoms with Gasteiger partial charge in [-0.3, -0.25) is 0 Å². The first-order chi connectivity index (χ1) is 8.94. The molecule has 2 heterocycles. The van der Waals surface area contributed by atoms with Gasteiger partial charge in [0.2, 0.25) is 11.2 Å². The van der Waals surface area contributed by atoms with Gasteiger partial charge >= 0.3 is 0 Å². The summed E-state index contributed by atoms with van der Waals surface area (Å²) in [6.45, 7) is 6.33. The molecule has 2 rings (SSSR count). The first kappa shape index (κ1) is 13.7. The van der Waals surface area contributed by atoms with Gasteiger partial charge in [-0.1, -0.05) is 6.92 Å². The molecule has 0 N–H and O–H groups in total. The molecular weight excluding hydrogens is 266 g/mol. The lowest BCUT2D eigenvalue weighted by Gasteiger charge is -2.34. The van der Waals surface area contributed by atoms with Crippen LogP contribution in [0, 0.1) is 0 Å². The summed E-state index contributed by atoms with van der Waals surface area (Å²) in [4.78, 5) is 18.4. The quantitative estimate of drug-likeness (QED) is 0.850. The molecule has 2 aromatic rings. The Morgan fingerprint density at radius 3 is 2.63 bits per heavy atom. The van der Waals surface area contributed by atoms with Crippen LogP contribution < -0.4 is 4.90 Å². The maximum absolute atomic E-state index is 5.95. The van der Waals surface area contributed by atoms with Crippen LogP contribution in [0.3, 0.4) is 0 Å². The molecule has 19 heavy (non-hydrogen) atoms. The number of hydrogen-bond acceptors (Lipinski definition) is 6. The maximum Gasteiger partial charge on any atom is 0.258 e. The standard InChI is InChI=1S/C11H16ClN7/c1-5-11(2,3)18(4)9-15-8(12)16-10(17-9)19-7-13-6-14-19/h6-7H,5H2,1-4H3. The first-order valence-electron chi connectivity index (χ1n) is 5.94. The zero-order chi connectivity index (χ0) is 14.0. The second kappa shape index (κ2) is 5.08. The minimum Gasteiger partial charge on any atom is -0.339 e. The number of hydrogen-bond donors (Lipinski definition) is 0. The van der Waals surface area contributed by atoms with Crippen LogP contribution in [0.4, 0.5) is 5.95 Å². The molecule has 0 aromatic carbocycles. The number of rotatable bonds is 4. The molecule has 0 fully saturated rings. The second-order valence-electron chi connectivity index (χ2n) is 4.77. The van der Waals surface area contributed by atoms with Gasteiger partial charge in [-0.25, -0.2) is 4.98 Å². The van der Waals surface area contributed by atoms with E-state index >= 15 is 0 Å². The zero-order valence-electron chi connectivity index (χ0n) is 11.4. The van der Waals surface area contributed by atoms with Gasteiger partial charge in [-0.15, -0.1) is 0 Å². The molecule has 0 bridgehead atoms. The molecule has 2 aromatic heterocycles.